The molecule has 0 atom stereocenters. The Labute approximate surface area is 169 Å². The molecule has 1 spiro atoms. The fraction of sp³-hybridized carbons (Fsp3) is 0.370. The number of benzene rings is 2. The summed E-state index contributed by atoms with van der Waals surface area (Å²) in [6.45, 7) is 4.45. The topological polar surface area (TPSA) is 3.88 Å². The van der Waals surface area contributed by atoms with E-state index in [0.29, 0.717) is 5.41 Å². The van der Waals surface area contributed by atoms with Crippen molar-refractivity contribution < 1.29 is 4.57 Å². The van der Waals surface area contributed by atoms with Crippen LogP contribution in [0, 0.1) is 19.3 Å². The van der Waals surface area contributed by atoms with Gasteiger partial charge in [0.1, 0.15) is 7.05 Å². The second-order valence-electron chi connectivity index (χ2n) is 9.23. The highest BCUT2D eigenvalue weighted by molar-refractivity contribution is 5.70. The maximum absolute atomic E-state index is 2.48. The van der Waals surface area contributed by atoms with E-state index in [9.17, 15) is 0 Å². The van der Waals surface area contributed by atoms with Crippen LogP contribution in [0.25, 0.3) is 22.4 Å². The highest BCUT2D eigenvalue weighted by Gasteiger charge is 2.39. The van der Waals surface area contributed by atoms with Crippen LogP contribution in [0.2, 0.25) is 0 Å². The monoisotopic (exact) mass is 368 g/mol. The summed E-state index contributed by atoms with van der Waals surface area (Å²) in [6.07, 6.45) is 10.6. The van der Waals surface area contributed by atoms with E-state index in [4.69, 9.17) is 0 Å². The van der Waals surface area contributed by atoms with Crippen LogP contribution in [0.15, 0.2) is 54.7 Å². The molecule has 2 aliphatic carbocycles. The largest absolute Gasteiger partial charge is 0.212 e. The molecule has 1 nitrogen and oxygen atoms in total. The molecule has 2 aromatic carbocycles. The Bertz CT molecular complexity index is 1050. The van der Waals surface area contributed by atoms with Crippen LogP contribution in [-0.2, 0) is 19.9 Å². The fourth-order valence-corrected chi connectivity index (χ4v) is 5.66. The third-order valence-corrected chi connectivity index (χ3v) is 7.21. The summed E-state index contributed by atoms with van der Waals surface area (Å²) in [7, 11) is 2.17. The van der Waals surface area contributed by atoms with Gasteiger partial charge in [-0.05, 0) is 78.8 Å². The second-order valence-corrected chi connectivity index (χ2v) is 9.23. The molecule has 1 heterocycles. The number of fused-ring (bicyclic) bond motifs is 1. The first-order valence-corrected chi connectivity index (χ1v) is 10.7. The number of aryl methyl sites for hydroxylation is 3. The van der Waals surface area contributed by atoms with Crippen LogP contribution in [0.3, 0.4) is 0 Å². The zero-order chi connectivity index (χ0) is 19.3. The standard InChI is InChI=1S/C27H30N/c1-19-8-4-5-9-24(19)26-14-20(2)25(18-28(26)3)21-10-11-22-16-27(12-6-7-13-27)17-23(22)15-21/h4-5,8-11,14-15,18H,6-7,12-13,16-17H2,1-3H3/q+1. The van der Waals surface area contributed by atoms with Crippen molar-refractivity contribution in [2.45, 2.75) is 52.4 Å². The summed E-state index contributed by atoms with van der Waals surface area (Å²) >= 11 is 0. The maximum Gasteiger partial charge on any atom is 0.212 e. The van der Waals surface area contributed by atoms with Gasteiger partial charge in [0.15, 0.2) is 6.20 Å². The molecule has 0 aliphatic heterocycles. The maximum atomic E-state index is 2.48. The Kier molecular flexibility index (Phi) is 4.16. The van der Waals surface area contributed by atoms with Crippen LogP contribution in [-0.4, -0.2) is 0 Å². The van der Waals surface area contributed by atoms with Crippen molar-refractivity contribution in [3.05, 3.63) is 77.0 Å². The van der Waals surface area contributed by atoms with Gasteiger partial charge in [-0.15, -0.1) is 0 Å². The van der Waals surface area contributed by atoms with Gasteiger partial charge in [0.25, 0.3) is 0 Å². The molecule has 1 heteroatoms. The summed E-state index contributed by atoms with van der Waals surface area (Å²) in [5.74, 6) is 0. The van der Waals surface area contributed by atoms with Crippen LogP contribution in [0.4, 0.5) is 0 Å². The molecule has 1 saturated carbocycles. The number of hydrogen-bond donors (Lipinski definition) is 0. The van der Waals surface area contributed by atoms with Gasteiger partial charge in [-0.25, -0.2) is 4.57 Å². The molecule has 1 fully saturated rings. The first kappa shape index (κ1) is 17.7. The minimum atomic E-state index is 0.593. The number of rotatable bonds is 2. The van der Waals surface area contributed by atoms with E-state index >= 15 is 0 Å². The van der Waals surface area contributed by atoms with E-state index in [1.165, 1.54) is 72.0 Å². The summed E-state index contributed by atoms with van der Waals surface area (Å²) in [4.78, 5) is 0. The zero-order valence-corrected chi connectivity index (χ0v) is 17.4. The molecule has 0 N–H and O–H groups in total. The van der Waals surface area contributed by atoms with E-state index < -0.39 is 0 Å². The Morgan fingerprint density at radius 2 is 1.54 bits per heavy atom. The lowest BCUT2D eigenvalue weighted by Gasteiger charge is -2.21. The minimum Gasteiger partial charge on any atom is -0.200 e. The molecule has 142 valence electrons. The molecular formula is C27H30N+. The van der Waals surface area contributed by atoms with Crippen molar-refractivity contribution in [1.82, 2.24) is 0 Å². The number of aromatic nitrogens is 1. The van der Waals surface area contributed by atoms with Crippen molar-refractivity contribution in [3.8, 4) is 22.4 Å². The smallest absolute Gasteiger partial charge is 0.200 e. The average Bonchev–Trinajstić information content (AvgIpc) is 3.29. The molecule has 0 bridgehead atoms. The van der Waals surface area contributed by atoms with Crippen molar-refractivity contribution in [3.63, 3.8) is 0 Å². The SMILES string of the molecule is Cc1cc(-c2ccccc2C)[n+](C)cc1-c1ccc2c(c1)CC1(CCCC1)C2. The molecule has 0 amide bonds. The van der Waals surface area contributed by atoms with Gasteiger partial charge in [0.2, 0.25) is 5.69 Å². The van der Waals surface area contributed by atoms with Gasteiger partial charge in [-0.3, -0.25) is 0 Å². The molecule has 0 saturated heterocycles. The predicted octanol–water partition coefficient (Wildman–Crippen LogP) is 6.12. The summed E-state index contributed by atoms with van der Waals surface area (Å²) in [6, 6.07) is 18.3. The predicted molar refractivity (Wildman–Crippen MR) is 116 cm³/mol. The molecule has 5 rings (SSSR count). The van der Waals surface area contributed by atoms with Gasteiger partial charge in [0.05, 0.1) is 0 Å². The molecule has 0 radical (unpaired) electrons. The Hall–Kier alpha value is -2.41. The van der Waals surface area contributed by atoms with Gasteiger partial charge in [-0.1, -0.05) is 49.2 Å². The Morgan fingerprint density at radius 1 is 0.786 bits per heavy atom. The summed E-state index contributed by atoms with van der Waals surface area (Å²) < 4.78 is 2.29. The number of nitrogens with zero attached hydrogens (tertiary/aromatic N) is 1. The lowest BCUT2D eigenvalue weighted by atomic mass is 9.83. The Balaban J connectivity index is 1.53. The highest BCUT2D eigenvalue weighted by Crippen LogP contribution is 2.49. The molecule has 2 aliphatic rings. The molecule has 3 aromatic rings. The van der Waals surface area contributed by atoms with E-state index in [0.717, 1.165) is 0 Å². The third kappa shape index (κ3) is 2.89. The highest BCUT2D eigenvalue weighted by atomic mass is 14.9. The van der Waals surface area contributed by atoms with Crippen molar-refractivity contribution >= 4 is 0 Å². The summed E-state index contributed by atoms with van der Waals surface area (Å²) in [5, 5.41) is 0. The fourth-order valence-electron chi connectivity index (χ4n) is 5.66. The lowest BCUT2D eigenvalue weighted by molar-refractivity contribution is -0.660. The third-order valence-electron chi connectivity index (χ3n) is 7.21. The van der Waals surface area contributed by atoms with E-state index in [1.807, 2.05) is 0 Å². The van der Waals surface area contributed by atoms with Crippen LogP contribution in [0.1, 0.15) is 47.9 Å². The average molecular weight is 369 g/mol. The molecular weight excluding hydrogens is 338 g/mol. The van der Waals surface area contributed by atoms with E-state index in [1.54, 1.807) is 11.1 Å². The number of pyridine rings is 1. The second kappa shape index (κ2) is 6.58. The van der Waals surface area contributed by atoms with Gasteiger partial charge in [0, 0.05) is 17.2 Å². The first-order valence-electron chi connectivity index (χ1n) is 10.7. The zero-order valence-electron chi connectivity index (χ0n) is 17.4. The normalized spacial score (nSPS) is 17.2. The van der Waals surface area contributed by atoms with E-state index in [-0.39, 0.29) is 0 Å². The molecule has 28 heavy (non-hydrogen) atoms. The van der Waals surface area contributed by atoms with Crippen molar-refractivity contribution in [2.24, 2.45) is 12.5 Å². The summed E-state index contributed by atoms with van der Waals surface area (Å²) in [5.41, 5.74) is 11.8. The van der Waals surface area contributed by atoms with Crippen molar-refractivity contribution in [1.29, 1.82) is 0 Å². The van der Waals surface area contributed by atoms with E-state index in [2.05, 4.69) is 80.2 Å². The van der Waals surface area contributed by atoms with Crippen LogP contribution < -0.4 is 4.57 Å². The quantitative estimate of drug-likeness (QED) is 0.480. The van der Waals surface area contributed by atoms with Crippen LogP contribution in [0.5, 0.6) is 0 Å². The first-order chi connectivity index (χ1) is 13.5. The lowest BCUT2D eigenvalue weighted by Crippen LogP contribution is -2.31. The Morgan fingerprint density at radius 3 is 2.32 bits per heavy atom. The van der Waals surface area contributed by atoms with Crippen LogP contribution >= 0.6 is 0 Å². The van der Waals surface area contributed by atoms with Crippen molar-refractivity contribution in [2.75, 3.05) is 0 Å². The van der Waals surface area contributed by atoms with Gasteiger partial charge < -0.3 is 0 Å². The molecule has 1 aromatic heterocycles. The number of hydrogen-bond acceptors (Lipinski definition) is 0. The molecule has 0 unspecified atom stereocenters. The minimum absolute atomic E-state index is 0.593. The van der Waals surface area contributed by atoms with Gasteiger partial charge in [-0.2, -0.15) is 0 Å². The van der Waals surface area contributed by atoms with Gasteiger partial charge >= 0.3 is 0 Å².